The number of fused-ring (bicyclic) bond motifs is 1. The molecule has 1 amide bonds. The maximum absolute atomic E-state index is 13.4. The van der Waals surface area contributed by atoms with Crippen LogP contribution < -0.4 is 10.9 Å². The number of rotatable bonds is 8. The smallest absolute Gasteiger partial charge is 0.263 e. The molecule has 0 radical (unpaired) electrons. The van der Waals surface area contributed by atoms with E-state index in [0.717, 1.165) is 21.6 Å². The summed E-state index contributed by atoms with van der Waals surface area (Å²) in [6, 6.07) is 12.1. The van der Waals surface area contributed by atoms with Gasteiger partial charge in [0.2, 0.25) is 15.9 Å². The van der Waals surface area contributed by atoms with Gasteiger partial charge in [-0.25, -0.2) is 13.4 Å². The van der Waals surface area contributed by atoms with Crippen molar-refractivity contribution >= 4 is 43.2 Å². The van der Waals surface area contributed by atoms with Crippen molar-refractivity contribution in [1.29, 1.82) is 0 Å². The Morgan fingerprint density at radius 3 is 2.32 bits per heavy atom. The number of amides is 1. The highest BCUT2D eigenvalue weighted by Crippen LogP contribution is 2.36. The van der Waals surface area contributed by atoms with Crippen molar-refractivity contribution in [2.75, 3.05) is 18.4 Å². The van der Waals surface area contributed by atoms with E-state index in [2.05, 4.69) is 16.4 Å². The number of anilines is 1. The summed E-state index contributed by atoms with van der Waals surface area (Å²) in [5.74, 6) is -0.415. The first-order valence-corrected chi connectivity index (χ1v) is 14.3. The van der Waals surface area contributed by atoms with Crippen LogP contribution >= 0.6 is 11.3 Å². The maximum atomic E-state index is 13.4. The number of sulfonamides is 1. The highest BCUT2D eigenvalue weighted by molar-refractivity contribution is 7.89. The van der Waals surface area contributed by atoms with Gasteiger partial charge in [0, 0.05) is 29.2 Å². The Hall–Kier alpha value is -3.34. The number of nitrogens with one attached hydrogen (secondary N) is 1. The van der Waals surface area contributed by atoms with Gasteiger partial charge in [0.1, 0.15) is 11.4 Å². The van der Waals surface area contributed by atoms with Crippen LogP contribution in [0.5, 0.6) is 0 Å². The average molecular weight is 539 g/mol. The molecule has 37 heavy (non-hydrogen) atoms. The number of benzene rings is 2. The molecular weight excluding hydrogens is 508 g/mol. The Labute approximate surface area is 220 Å². The number of carbonyl (C=O) groups excluding carboxylic acids is 1. The van der Waals surface area contributed by atoms with Gasteiger partial charge >= 0.3 is 0 Å². The van der Waals surface area contributed by atoms with Gasteiger partial charge in [0.15, 0.2) is 0 Å². The summed E-state index contributed by atoms with van der Waals surface area (Å²) in [6.45, 7) is 10.1. The molecule has 0 aliphatic heterocycles. The molecule has 4 rings (SSSR count). The quantitative estimate of drug-likeness (QED) is 0.350. The van der Waals surface area contributed by atoms with E-state index >= 15 is 0 Å². The molecule has 0 bridgehead atoms. The molecule has 0 saturated heterocycles. The molecule has 0 aliphatic carbocycles. The van der Waals surface area contributed by atoms with Gasteiger partial charge in [0.05, 0.1) is 16.6 Å². The average Bonchev–Trinajstić information content (AvgIpc) is 3.20. The molecular formula is C27H30N4O4S2. The Balaban J connectivity index is 1.58. The minimum atomic E-state index is -3.58. The number of thiophene rings is 1. The lowest BCUT2D eigenvalue weighted by Gasteiger charge is -2.18. The molecule has 0 fully saturated rings. The van der Waals surface area contributed by atoms with E-state index in [-0.39, 0.29) is 17.0 Å². The maximum Gasteiger partial charge on any atom is 0.263 e. The molecule has 2 aromatic heterocycles. The van der Waals surface area contributed by atoms with Crippen molar-refractivity contribution in [1.82, 2.24) is 13.9 Å². The van der Waals surface area contributed by atoms with Crippen LogP contribution in [0.2, 0.25) is 0 Å². The lowest BCUT2D eigenvalue weighted by Crippen LogP contribution is -2.30. The summed E-state index contributed by atoms with van der Waals surface area (Å²) in [5.41, 5.74) is 4.27. The second-order valence-electron chi connectivity index (χ2n) is 8.85. The van der Waals surface area contributed by atoms with Crippen molar-refractivity contribution in [3.8, 4) is 11.1 Å². The molecule has 2 aromatic carbocycles. The molecule has 194 valence electrons. The van der Waals surface area contributed by atoms with Gasteiger partial charge in [-0.2, -0.15) is 4.31 Å². The summed E-state index contributed by atoms with van der Waals surface area (Å²) in [6.07, 6.45) is 1.39. The van der Waals surface area contributed by atoms with Crippen LogP contribution in [0.25, 0.3) is 21.3 Å². The SMILES string of the molecule is CCN(CC)S(=O)(=O)c1ccc(NC(=O)Cn2cnc3sc(C)c(-c4ccc(C)c(C)c4)c3c2=O)cc1. The fraction of sp³-hybridized carbons (Fsp3) is 0.296. The van der Waals surface area contributed by atoms with Crippen molar-refractivity contribution in [3.05, 3.63) is 75.1 Å². The first-order valence-electron chi connectivity index (χ1n) is 12.0. The van der Waals surface area contributed by atoms with E-state index in [1.54, 1.807) is 26.0 Å². The van der Waals surface area contributed by atoms with Gasteiger partial charge < -0.3 is 5.32 Å². The zero-order chi connectivity index (χ0) is 26.9. The summed E-state index contributed by atoms with van der Waals surface area (Å²) >= 11 is 1.46. The van der Waals surface area contributed by atoms with E-state index in [4.69, 9.17) is 0 Å². The standard InChI is InChI=1S/C27H30N4O4S2/c1-6-31(7-2)37(34,35)22-12-10-21(11-13-22)29-23(32)15-30-16-28-26-25(27(30)33)24(19(5)36-26)20-9-8-17(3)18(4)14-20/h8-14,16H,6-7,15H2,1-5H3,(H,29,32). The lowest BCUT2D eigenvalue weighted by atomic mass is 9.99. The van der Waals surface area contributed by atoms with Gasteiger partial charge in [-0.05, 0) is 61.7 Å². The minimum Gasteiger partial charge on any atom is -0.325 e. The minimum absolute atomic E-state index is 0.159. The monoisotopic (exact) mass is 538 g/mol. The molecule has 0 aliphatic rings. The van der Waals surface area contributed by atoms with Crippen LogP contribution in [0, 0.1) is 20.8 Å². The summed E-state index contributed by atoms with van der Waals surface area (Å²) in [5, 5.41) is 3.24. The van der Waals surface area contributed by atoms with Crippen LogP contribution in [-0.2, 0) is 21.4 Å². The molecule has 1 N–H and O–H groups in total. The van der Waals surface area contributed by atoms with Crippen molar-refractivity contribution in [2.45, 2.75) is 46.1 Å². The molecule has 0 unspecified atom stereocenters. The second-order valence-corrected chi connectivity index (χ2v) is 12.0. The molecule has 4 aromatic rings. The first-order chi connectivity index (χ1) is 17.6. The number of nitrogens with zero attached hydrogens (tertiary/aromatic N) is 3. The predicted molar refractivity (Wildman–Crippen MR) is 149 cm³/mol. The Morgan fingerprint density at radius 2 is 1.70 bits per heavy atom. The highest BCUT2D eigenvalue weighted by Gasteiger charge is 2.22. The van der Waals surface area contributed by atoms with Crippen molar-refractivity contribution in [3.63, 3.8) is 0 Å². The first kappa shape index (κ1) is 26.7. The van der Waals surface area contributed by atoms with Crippen LogP contribution in [0.4, 0.5) is 5.69 Å². The topological polar surface area (TPSA) is 101 Å². The predicted octanol–water partition coefficient (Wildman–Crippen LogP) is 4.72. The zero-order valence-corrected chi connectivity index (χ0v) is 23.2. The second kappa shape index (κ2) is 10.6. The van der Waals surface area contributed by atoms with E-state index in [1.807, 2.05) is 32.9 Å². The number of carbonyl (C=O) groups is 1. The Morgan fingerprint density at radius 1 is 1.03 bits per heavy atom. The fourth-order valence-corrected chi connectivity index (χ4v) is 6.73. The van der Waals surface area contributed by atoms with Crippen molar-refractivity contribution in [2.24, 2.45) is 0 Å². The van der Waals surface area contributed by atoms with Crippen molar-refractivity contribution < 1.29 is 13.2 Å². The van der Waals surface area contributed by atoms with Crippen LogP contribution in [-0.4, -0.2) is 41.3 Å². The van der Waals surface area contributed by atoms with E-state index in [1.165, 1.54) is 44.2 Å². The number of hydrogen-bond donors (Lipinski definition) is 1. The third kappa shape index (κ3) is 5.22. The fourth-order valence-electron chi connectivity index (χ4n) is 4.27. The van der Waals surface area contributed by atoms with Crippen LogP contribution in [0.1, 0.15) is 29.9 Å². The van der Waals surface area contributed by atoms with Gasteiger partial charge in [-0.1, -0.05) is 32.0 Å². The van der Waals surface area contributed by atoms with Crippen LogP contribution in [0.3, 0.4) is 0 Å². The van der Waals surface area contributed by atoms with Crippen LogP contribution in [0.15, 0.2) is 58.5 Å². The third-order valence-electron chi connectivity index (χ3n) is 6.45. The molecule has 8 nitrogen and oxygen atoms in total. The molecule has 0 spiro atoms. The van der Waals surface area contributed by atoms with Gasteiger partial charge in [-0.15, -0.1) is 11.3 Å². The number of aryl methyl sites for hydroxylation is 3. The molecule has 0 saturated carbocycles. The Bertz CT molecular complexity index is 1630. The molecule has 2 heterocycles. The summed E-state index contributed by atoms with van der Waals surface area (Å²) in [7, 11) is -3.58. The summed E-state index contributed by atoms with van der Waals surface area (Å²) < 4.78 is 28.0. The Kier molecular flexibility index (Phi) is 7.63. The number of hydrogen-bond acceptors (Lipinski definition) is 6. The normalized spacial score (nSPS) is 11.8. The highest BCUT2D eigenvalue weighted by atomic mass is 32.2. The van der Waals surface area contributed by atoms with Gasteiger partial charge in [-0.3, -0.25) is 14.2 Å². The third-order valence-corrected chi connectivity index (χ3v) is 9.52. The van der Waals surface area contributed by atoms with Gasteiger partial charge in [0.25, 0.3) is 5.56 Å². The summed E-state index contributed by atoms with van der Waals surface area (Å²) in [4.78, 5) is 32.4. The van der Waals surface area contributed by atoms with E-state index in [9.17, 15) is 18.0 Å². The largest absolute Gasteiger partial charge is 0.325 e. The van der Waals surface area contributed by atoms with E-state index < -0.39 is 15.9 Å². The molecule has 10 heteroatoms. The van der Waals surface area contributed by atoms with E-state index in [0.29, 0.717) is 29.0 Å². The lowest BCUT2D eigenvalue weighted by molar-refractivity contribution is -0.116. The molecule has 0 atom stereocenters. The zero-order valence-electron chi connectivity index (χ0n) is 21.5. The number of aromatic nitrogens is 2.